The van der Waals surface area contributed by atoms with Crippen LogP contribution in [-0.2, 0) is 11.3 Å². The van der Waals surface area contributed by atoms with E-state index in [1.807, 2.05) is 27.7 Å². The first-order valence-electron chi connectivity index (χ1n) is 11.8. The van der Waals surface area contributed by atoms with E-state index >= 15 is 0 Å². The predicted molar refractivity (Wildman–Crippen MR) is 136 cm³/mol. The number of carbonyl (C=O) groups is 2. The second-order valence-corrected chi connectivity index (χ2v) is 9.23. The van der Waals surface area contributed by atoms with Gasteiger partial charge in [-0.15, -0.1) is 0 Å². The number of furan rings is 1. The maximum Gasteiger partial charge on any atom is 0.255 e. The molecule has 36 heavy (non-hydrogen) atoms. The fraction of sp³-hybridized carbons (Fsp3) is 0.357. The number of ether oxygens (including phenoxy) is 3. The maximum absolute atomic E-state index is 14.0. The number of nitrogens with zero attached hydrogens (tertiary/aromatic N) is 1. The van der Waals surface area contributed by atoms with E-state index in [-0.39, 0.29) is 18.4 Å². The van der Waals surface area contributed by atoms with Crippen LogP contribution in [0.1, 0.15) is 55.4 Å². The smallest absolute Gasteiger partial charge is 0.255 e. The van der Waals surface area contributed by atoms with Gasteiger partial charge in [-0.1, -0.05) is 12.1 Å². The Balaban J connectivity index is 2.11. The zero-order chi connectivity index (χ0) is 26.3. The summed E-state index contributed by atoms with van der Waals surface area (Å²) in [5, 5.41) is 3.03. The van der Waals surface area contributed by atoms with Crippen molar-refractivity contribution in [3.05, 3.63) is 77.7 Å². The van der Waals surface area contributed by atoms with Crippen LogP contribution in [0, 0.1) is 0 Å². The minimum atomic E-state index is -0.939. The van der Waals surface area contributed by atoms with Gasteiger partial charge in [0.1, 0.15) is 17.6 Å². The van der Waals surface area contributed by atoms with E-state index < -0.39 is 11.6 Å². The standard InChI is InChI=1S/C28H34N2O6/c1-7-35-21-13-10-19(11-14-21)25(26(31)29-28(2,3)4)30(18-22-9-8-16-36-22)27(32)20-12-15-23(33-5)24(17-20)34-6/h8-17,25H,7,18H2,1-6H3,(H,29,31). The molecule has 1 heterocycles. The van der Waals surface area contributed by atoms with Crippen LogP contribution in [0.25, 0.3) is 0 Å². The van der Waals surface area contributed by atoms with Gasteiger partial charge in [0.05, 0.1) is 33.6 Å². The monoisotopic (exact) mass is 494 g/mol. The number of amides is 2. The minimum absolute atomic E-state index is 0.0790. The molecule has 0 saturated heterocycles. The van der Waals surface area contributed by atoms with Crippen molar-refractivity contribution in [2.75, 3.05) is 20.8 Å². The van der Waals surface area contributed by atoms with E-state index in [4.69, 9.17) is 18.6 Å². The molecule has 8 nitrogen and oxygen atoms in total. The molecule has 192 valence electrons. The van der Waals surface area contributed by atoms with Crippen LogP contribution in [0.2, 0.25) is 0 Å². The molecule has 2 aromatic carbocycles. The lowest BCUT2D eigenvalue weighted by Crippen LogP contribution is -2.49. The first-order valence-corrected chi connectivity index (χ1v) is 11.8. The van der Waals surface area contributed by atoms with Crippen molar-refractivity contribution in [2.45, 2.75) is 45.8 Å². The highest BCUT2D eigenvalue weighted by Gasteiger charge is 2.34. The SMILES string of the molecule is CCOc1ccc(C(C(=O)NC(C)(C)C)N(Cc2ccco2)C(=O)c2ccc(OC)c(OC)c2)cc1. The minimum Gasteiger partial charge on any atom is -0.494 e. The molecule has 0 aliphatic carbocycles. The number of rotatable bonds is 10. The average molecular weight is 495 g/mol. The summed E-state index contributed by atoms with van der Waals surface area (Å²) in [6.45, 7) is 8.19. The van der Waals surface area contributed by atoms with Crippen LogP contribution >= 0.6 is 0 Å². The molecule has 1 aromatic heterocycles. The molecule has 0 radical (unpaired) electrons. The van der Waals surface area contributed by atoms with Gasteiger partial charge in [0.15, 0.2) is 11.5 Å². The highest BCUT2D eigenvalue weighted by Crippen LogP contribution is 2.32. The Morgan fingerprint density at radius 3 is 2.25 bits per heavy atom. The van der Waals surface area contributed by atoms with Gasteiger partial charge in [-0.05, 0) is 75.7 Å². The molecule has 0 bridgehead atoms. The molecule has 0 saturated carbocycles. The van der Waals surface area contributed by atoms with Crippen LogP contribution < -0.4 is 19.5 Å². The van der Waals surface area contributed by atoms with Crippen molar-refractivity contribution in [1.29, 1.82) is 0 Å². The quantitative estimate of drug-likeness (QED) is 0.427. The van der Waals surface area contributed by atoms with Crippen molar-refractivity contribution in [2.24, 2.45) is 0 Å². The van der Waals surface area contributed by atoms with Gasteiger partial charge in [-0.3, -0.25) is 9.59 Å². The van der Waals surface area contributed by atoms with Crippen LogP contribution in [0.4, 0.5) is 0 Å². The summed E-state index contributed by atoms with van der Waals surface area (Å²) in [6, 6.07) is 14.7. The second kappa shape index (κ2) is 11.7. The summed E-state index contributed by atoms with van der Waals surface area (Å²) >= 11 is 0. The lowest BCUT2D eigenvalue weighted by atomic mass is 10.00. The Bertz CT molecular complexity index is 1150. The molecule has 1 unspecified atom stereocenters. The Morgan fingerprint density at radius 1 is 1.00 bits per heavy atom. The fourth-order valence-corrected chi connectivity index (χ4v) is 3.81. The van der Waals surface area contributed by atoms with Crippen molar-refractivity contribution in [1.82, 2.24) is 10.2 Å². The van der Waals surface area contributed by atoms with Crippen molar-refractivity contribution >= 4 is 11.8 Å². The summed E-state index contributed by atoms with van der Waals surface area (Å²) in [7, 11) is 3.04. The number of hydrogen-bond acceptors (Lipinski definition) is 6. The van der Waals surface area contributed by atoms with Crippen molar-refractivity contribution < 1.29 is 28.2 Å². The molecule has 0 aliphatic rings. The summed E-state index contributed by atoms with van der Waals surface area (Å²) in [6.07, 6.45) is 1.54. The van der Waals surface area contributed by atoms with E-state index in [0.29, 0.717) is 40.7 Å². The average Bonchev–Trinajstić information content (AvgIpc) is 3.36. The molecule has 0 aliphatic heterocycles. The summed E-state index contributed by atoms with van der Waals surface area (Å²) < 4.78 is 21.8. The molecule has 3 aromatic rings. The largest absolute Gasteiger partial charge is 0.494 e. The third-order valence-electron chi connectivity index (χ3n) is 5.36. The van der Waals surface area contributed by atoms with Gasteiger partial charge in [0.25, 0.3) is 5.91 Å². The zero-order valence-corrected chi connectivity index (χ0v) is 21.7. The molecule has 8 heteroatoms. The number of benzene rings is 2. The Morgan fingerprint density at radius 2 is 1.69 bits per heavy atom. The van der Waals surface area contributed by atoms with Crippen molar-refractivity contribution in [3.8, 4) is 17.2 Å². The Hall–Kier alpha value is -3.94. The van der Waals surface area contributed by atoms with Gasteiger partial charge in [0.2, 0.25) is 5.91 Å². The topological polar surface area (TPSA) is 90.2 Å². The molecular weight excluding hydrogens is 460 g/mol. The molecule has 0 spiro atoms. The highest BCUT2D eigenvalue weighted by molar-refractivity contribution is 5.98. The maximum atomic E-state index is 14.0. The van der Waals surface area contributed by atoms with E-state index in [0.717, 1.165) is 0 Å². The summed E-state index contributed by atoms with van der Waals surface area (Å²) in [5.41, 5.74) is 0.475. The number of nitrogens with one attached hydrogen (secondary N) is 1. The fourth-order valence-electron chi connectivity index (χ4n) is 3.81. The summed E-state index contributed by atoms with van der Waals surface area (Å²) in [5.74, 6) is 1.46. The second-order valence-electron chi connectivity index (χ2n) is 9.23. The van der Waals surface area contributed by atoms with Gasteiger partial charge in [-0.25, -0.2) is 0 Å². The van der Waals surface area contributed by atoms with E-state index in [1.54, 1.807) is 54.6 Å². The van der Waals surface area contributed by atoms with E-state index in [2.05, 4.69) is 5.32 Å². The number of hydrogen-bond donors (Lipinski definition) is 1. The number of carbonyl (C=O) groups excluding carboxylic acids is 2. The lowest BCUT2D eigenvalue weighted by Gasteiger charge is -2.33. The molecule has 1 atom stereocenters. The van der Waals surface area contributed by atoms with Crippen LogP contribution in [0.15, 0.2) is 65.3 Å². The normalized spacial score (nSPS) is 11.9. The van der Waals surface area contributed by atoms with Crippen molar-refractivity contribution in [3.63, 3.8) is 0 Å². The van der Waals surface area contributed by atoms with Gasteiger partial charge in [-0.2, -0.15) is 0 Å². The number of methoxy groups -OCH3 is 2. The third kappa shape index (κ3) is 6.59. The molecular formula is C28H34N2O6. The van der Waals surface area contributed by atoms with Crippen LogP contribution in [0.5, 0.6) is 17.2 Å². The third-order valence-corrected chi connectivity index (χ3v) is 5.36. The Labute approximate surface area is 212 Å². The van der Waals surface area contributed by atoms with Gasteiger partial charge in [0, 0.05) is 11.1 Å². The summed E-state index contributed by atoms with van der Waals surface area (Å²) in [4.78, 5) is 29.2. The molecule has 1 N–H and O–H groups in total. The Kier molecular flexibility index (Phi) is 8.64. The highest BCUT2D eigenvalue weighted by atomic mass is 16.5. The van der Waals surface area contributed by atoms with E-state index in [9.17, 15) is 9.59 Å². The van der Waals surface area contributed by atoms with Gasteiger partial charge < -0.3 is 28.8 Å². The molecule has 3 rings (SSSR count). The van der Waals surface area contributed by atoms with Crippen LogP contribution in [-0.4, -0.2) is 43.1 Å². The van der Waals surface area contributed by atoms with Gasteiger partial charge >= 0.3 is 0 Å². The van der Waals surface area contributed by atoms with E-state index in [1.165, 1.54) is 25.4 Å². The first kappa shape index (κ1) is 26.7. The van der Waals surface area contributed by atoms with Crippen LogP contribution in [0.3, 0.4) is 0 Å². The predicted octanol–water partition coefficient (Wildman–Crippen LogP) is 4.99. The first-order chi connectivity index (χ1) is 17.2. The molecule has 0 fully saturated rings. The molecule has 2 amide bonds. The lowest BCUT2D eigenvalue weighted by molar-refractivity contribution is -0.127. The zero-order valence-electron chi connectivity index (χ0n) is 21.7.